The smallest absolute Gasteiger partial charge is 0.242 e. The summed E-state index contributed by atoms with van der Waals surface area (Å²) in [5.41, 5.74) is 1.07. The zero-order valence-electron chi connectivity index (χ0n) is 21.7. The Morgan fingerprint density at radius 2 is 1.82 bits per heavy atom. The summed E-state index contributed by atoms with van der Waals surface area (Å²) < 4.78 is 37.1. The SMILES string of the molecule is CCCNC(=O)[C@H](CC)N(Cc1ccc(Cl)cc1Cl)C(=O)CCCN(c1ccc2c(c1)OCO2)S(C)(=O)=O. The number of carbonyl (C=O) groups is 2. The lowest BCUT2D eigenvalue weighted by atomic mass is 10.1. The van der Waals surface area contributed by atoms with Crippen molar-refractivity contribution in [1.82, 2.24) is 10.2 Å². The molecule has 0 fully saturated rings. The van der Waals surface area contributed by atoms with Gasteiger partial charge >= 0.3 is 0 Å². The van der Waals surface area contributed by atoms with Crippen LogP contribution in [0.2, 0.25) is 10.0 Å². The van der Waals surface area contributed by atoms with Crippen molar-refractivity contribution < 1.29 is 27.5 Å². The van der Waals surface area contributed by atoms with Crippen LogP contribution in [0, 0.1) is 0 Å². The van der Waals surface area contributed by atoms with Gasteiger partial charge in [0, 0.05) is 42.2 Å². The molecule has 208 valence electrons. The van der Waals surface area contributed by atoms with Crippen molar-refractivity contribution in [3.05, 3.63) is 52.0 Å². The molecule has 0 aromatic heterocycles. The molecule has 1 aliphatic heterocycles. The third-order valence-corrected chi connectivity index (χ3v) is 7.87. The van der Waals surface area contributed by atoms with Gasteiger partial charge in [-0.15, -0.1) is 0 Å². The van der Waals surface area contributed by atoms with E-state index >= 15 is 0 Å². The Labute approximate surface area is 234 Å². The summed E-state index contributed by atoms with van der Waals surface area (Å²) in [6, 6.07) is 9.18. The summed E-state index contributed by atoms with van der Waals surface area (Å²) >= 11 is 12.4. The maximum Gasteiger partial charge on any atom is 0.242 e. The number of fused-ring (bicyclic) bond motifs is 1. The highest BCUT2D eigenvalue weighted by Gasteiger charge is 2.29. The summed E-state index contributed by atoms with van der Waals surface area (Å²) in [6.07, 6.45) is 2.54. The standard InChI is InChI=1S/C26H33Cl2N3O6S/c1-4-12-29-26(33)22(5-2)30(16-18-8-9-19(27)14-21(18)28)25(32)7-6-13-31(38(3,34)35)20-10-11-23-24(15-20)37-17-36-23/h8-11,14-15,22H,4-7,12-13,16-17H2,1-3H3,(H,29,33)/t22-/m0/s1. The zero-order chi connectivity index (χ0) is 27.9. The van der Waals surface area contributed by atoms with Gasteiger partial charge in [-0.2, -0.15) is 0 Å². The van der Waals surface area contributed by atoms with Gasteiger partial charge in [-0.3, -0.25) is 13.9 Å². The maximum atomic E-state index is 13.5. The molecule has 12 heteroatoms. The Kier molecular flexibility index (Phi) is 10.5. The molecule has 2 aromatic carbocycles. The molecule has 1 aliphatic rings. The zero-order valence-corrected chi connectivity index (χ0v) is 24.0. The topological polar surface area (TPSA) is 105 Å². The Morgan fingerprint density at radius 1 is 1.08 bits per heavy atom. The minimum absolute atomic E-state index is 0.0271. The van der Waals surface area contributed by atoms with Crippen molar-refractivity contribution in [3.8, 4) is 11.5 Å². The summed E-state index contributed by atoms with van der Waals surface area (Å²) in [4.78, 5) is 27.9. The average molecular weight is 587 g/mol. The minimum atomic E-state index is -3.64. The molecule has 0 saturated heterocycles. The Morgan fingerprint density at radius 3 is 2.47 bits per heavy atom. The second-order valence-corrected chi connectivity index (χ2v) is 11.7. The number of benzene rings is 2. The number of ether oxygens (including phenoxy) is 2. The number of nitrogens with zero attached hydrogens (tertiary/aromatic N) is 2. The van der Waals surface area contributed by atoms with Gasteiger partial charge in [0.1, 0.15) is 6.04 Å². The van der Waals surface area contributed by atoms with Crippen LogP contribution in [0.1, 0.15) is 45.1 Å². The summed E-state index contributed by atoms with van der Waals surface area (Å²) in [5, 5.41) is 3.73. The fourth-order valence-electron chi connectivity index (χ4n) is 4.16. The van der Waals surface area contributed by atoms with E-state index in [0.29, 0.717) is 45.8 Å². The van der Waals surface area contributed by atoms with Crippen molar-refractivity contribution >= 4 is 50.7 Å². The minimum Gasteiger partial charge on any atom is -0.454 e. The van der Waals surface area contributed by atoms with Gasteiger partial charge in [0.2, 0.25) is 28.6 Å². The fourth-order valence-corrected chi connectivity index (χ4v) is 5.59. The molecule has 9 nitrogen and oxygen atoms in total. The monoisotopic (exact) mass is 585 g/mol. The van der Waals surface area contributed by atoms with Gasteiger partial charge in [-0.25, -0.2) is 8.42 Å². The number of nitrogens with one attached hydrogen (secondary N) is 1. The number of carbonyl (C=O) groups excluding carboxylic acids is 2. The third kappa shape index (κ3) is 7.68. The van der Waals surface area contributed by atoms with Gasteiger partial charge in [-0.1, -0.05) is 43.1 Å². The number of amides is 2. The Hall–Kier alpha value is -2.69. The number of sulfonamides is 1. The molecular weight excluding hydrogens is 553 g/mol. The van der Waals surface area contributed by atoms with E-state index in [1.807, 2.05) is 13.8 Å². The molecule has 1 atom stereocenters. The van der Waals surface area contributed by atoms with Gasteiger partial charge in [0.15, 0.2) is 11.5 Å². The predicted molar refractivity (Wildman–Crippen MR) is 148 cm³/mol. The number of anilines is 1. The van der Waals surface area contributed by atoms with E-state index in [0.717, 1.165) is 12.7 Å². The number of rotatable bonds is 13. The normalized spacial score (nSPS) is 13.2. The quantitative estimate of drug-likeness (QED) is 0.368. The molecule has 1 heterocycles. The lowest BCUT2D eigenvalue weighted by Crippen LogP contribution is -2.49. The van der Waals surface area contributed by atoms with Crippen molar-refractivity contribution in [2.75, 3.05) is 30.4 Å². The Balaban J connectivity index is 1.78. The first-order valence-corrected chi connectivity index (χ1v) is 15.0. The van der Waals surface area contributed by atoms with E-state index in [2.05, 4.69) is 5.32 Å². The van der Waals surface area contributed by atoms with Crippen LogP contribution in [-0.4, -0.2) is 57.3 Å². The first-order chi connectivity index (χ1) is 18.0. The molecule has 0 spiro atoms. The largest absolute Gasteiger partial charge is 0.454 e. The number of halogens is 2. The van der Waals surface area contributed by atoms with Crippen molar-refractivity contribution in [2.24, 2.45) is 0 Å². The first kappa shape index (κ1) is 29.9. The second kappa shape index (κ2) is 13.4. The highest BCUT2D eigenvalue weighted by molar-refractivity contribution is 7.92. The van der Waals surface area contributed by atoms with Crippen LogP contribution in [0.4, 0.5) is 5.69 Å². The van der Waals surface area contributed by atoms with Crippen LogP contribution < -0.4 is 19.1 Å². The molecule has 1 N–H and O–H groups in total. The van der Waals surface area contributed by atoms with Gasteiger partial charge in [0.05, 0.1) is 11.9 Å². The summed E-state index contributed by atoms with van der Waals surface area (Å²) in [7, 11) is -3.64. The summed E-state index contributed by atoms with van der Waals surface area (Å²) in [6.45, 7) is 4.54. The maximum absolute atomic E-state index is 13.5. The van der Waals surface area contributed by atoms with Crippen LogP contribution in [0.3, 0.4) is 0 Å². The molecule has 0 saturated carbocycles. The van der Waals surface area contributed by atoms with E-state index in [-0.39, 0.29) is 44.5 Å². The van der Waals surface area contributed by atoms with Crippen molar-refractivity contribution in [3.63, 3.8) is 0 Å². The molecule has 0 radical (unpaired) electrons. The highest BCUT2D eigenvalue weighted by atomic mass is 35.5. The molecule has 0 bridgehead atoms. The second-order valence-electron chi connectivity index (χ2n) is 8.95. The van der Waals surface area contributed by atoms with Crippen molar-refractivity contribution in [1.29, 1.82) is 0 Å². The van der Waals surface area contributed by atoms with E-state index < -0.39 is 16.1 Å². The van der Waals surface area contributed by atoms with E-state index in [1.165, 1.54) is 9.21 Å². The van der Waals surface area contributed by atoms with Crippen LogP contribution in [-0.2, 0) is 26.2 Å². The highest BCUT2D eigenvalue weighted by Crippen LogP contribution is 2.36. The van der Waals surface area contributed by atoms with E-state index in [9.17, 15) is 18.0 Å². The first-order valence-electron chi connectivity index (χ1n) is 12.4. The van der Waals surface area contributed by atoms with Crippen LogP contribution >= 0.6 is 23.2 Å². The molecule has 38 heavy (non-hydrogen) atoms. The van der Waals surface area contributed by atoms with Gasteiger partial charge < -0.3 is 19.7 Å². The molecule has 2 aromatic rings. The summed E-state index contributed by atoms with van der Waals surface area (Å²) in [5.74, 6) is 0.475. The van der Waals surface area contributed by atoms with E-state index in [4.69, 9.17) is 32.7 Å². The van der Waals surface area contributed by atoms with Crippen LogP contribution in [0.25, 0.3) is 0 Å². The average Bonchev–Trinajstić information content (AvgIpc) is 3.33. The van der Waals surface area contributed by atoms with Gasteiger partial charge in [0.25, 0.3) is 0 Å². The fraction of sp³-hybridized carbons (Fsp3) is 0.462. The number of hydrogen-bond acceptors (Lipinski definition) is 6. The van der Waals surface area contributed by atoms with E-state index in [1.54, 1.807) is 36.4 Å². The predicted octanol–water partition coefficient (Wildman–Crippen LogP) is 4.60. The molecular formula is C26H33Cl2N3O6S. The lowest BCUT2D eigenvalue weighted by molar-refractivity contribution is -0.141. The van der Waals surface area contributed by atoms with Gasteiger partial charge in [-0.05, 0) is 49.1 Å². The molecule has 0 unspecified atom stereocenters. The Bertz CT molecular complexity index is 1260. The number of hydrogen-bond donors (Lipinski definition) is 1. The van der Waals surface area contributed by atoms with Crippen LogP contribution in [0.15, 0.2) is 36.4 Å². The van der Waals surface area contributed by atoms with Crippen LogP contribution in [0.5, 0.6) is 11.5 Å². The molecule has 2 amide bonds. The van der Waals surface area contributed by atoms with Crippen molar-refractivity contribution in [2.45, 2.75) is 52.1 Å². The lowest BCUT2D eigenvalue weighted by Gasteiger charge is -2.31. The molecule has 3 rings (SSSR count). The molecule has 0 aliphatic carbocycles. The third-order valence-electron chi connectivity index (χ3n) is 6.09.